The molecule has 0 bridgehead atoms. The fraction of sp³-hybridized carbons (Fsp3) is 0.538. The molecule has 1 saturated heterocycles. The average molecular weight is 269 g/mol. The van der Waals surface area contributed by atoms with Crippen molar-refractivity contribution in [2.45, 2.75) is 13.0 Å². The van der Waals surface area contributed by atoms with Crippen LogP contribution in [-0.4, -0.2) is 33.6 Å². The summed E-state index contributed by atoms with van der Waals surface area (Å²) in [5.74, 6) is 1.79. The first-order valence-corrected chi connectivity index (χ1v) is 7.95. The first kappa shape index (κ1) is 13.4. The summed E-state index contributed by atoms with van der Waals surface area (Å²) in [5, 5.41) is 3.31. The van der Waals surface area contributed by atoms with E-state index in [9.17, 15) is 8.42 Å². The van der Waals surface area contributed by atoms with Crippen molar-refractivity contribution in [1.82, 2.24) is 5.32 Å². The highest BCUT2D eigenvalue weighted by molar-refractivity contribution is 7.91. The highest BCUT2D eigenvalue weighted by Crippen LogP contribution is 2.18. The Balaban J connectivity index is 1.78. The molecule has 2 rings (SSSR count). The van der Waals surface area contributed by atoms with Crippen molar-refractivity contribution in [2.24, 2.45) is 5.92 Å². The highest BCUT2D eigenvalue weighted by atomic mass is 32.2. The van der Waals surface area contributed by atoms with Crippen molar-refractivity contribution in [3.05, 3.63) is 29.8 Å². The molecule has 4 nitrogen and oxygen atoms in total. The zero-order chi connectivity index (χ0) is 13.0. The van der Waals surface area contributed by atoms with Crippen LogP contribution in [-0.2, 0) is 16.4 Å². The maximum Gasteiger partial charge on any atom is 0.150 e. The predicted molar refractivity (Wildman–Crippen MR) is 71.5 cm³/mol. The lowest BCUT2D eigenvalue weighted by Crippen LogP contribution is -2.23. The molecule has 0 spiro atoms. The fourth-order valence-corrected chi connectivity index (χ4v) is 4.10. The minimum atomic E-state index is -2.76. The van der Waals surface area contributed by atoms with E-state index in [1.54, 1.807) is 7.11 Å². The zero-order valence-electron chi connectivity index (χ0n) is 10.6. The van der Waals surface area contributed by atoms with E-state index in [4.69, 9.17) is 4.74 Å². The summed E-state index contributed by atoms with van der Waals surface area (Å²) in [6, 6.07) is 7.88. The molecule has 1 heterocycles. The van der Waals surface area contributed by atoms with Crippen LogP contribution in [0.2, 0.25) is 0 Å². The molecule has 1 aromatic rings. The Kier molecular flexibility index (Phi) is 4.24. The summed E-state index contributed by atoms with van der Waals surface area (Å²) in [5.41, 5.74) is 1.15. The second-order valence-electron chi connectivity index (χ2n) is 4.75. The summed E-state index contributed by atoms with van der Waals surface area (Å²) in [4.78, 5) is 0. The van der Waals surface area contributed by atoms with E-state index in [1.807, 2.05) is 24.3 Å². The molecule has 0 saturated carbocycles. The number of hydrogen-bond acceptors (Lipinski definition) is 4. The molecule has 1 aliphatic heterocycles. The van der Waals surface area contributed by atoms with Gasteiger partial charge in [0.25, 0.3) is 0 Å². The lowest BCUT2D eigenvalue weighted by molar-refractivity contribution is 0.414. The number of nitrogens with one attached hydrogen (secondary N) is 1. The standard InChI is InChI=1S/C13H19NO3S/c1-17-13-4-2-3-11(7-13)8-14-9-12-5-6-18(15,16)10-12/h2-4,7,12,14H,5-6,8-10H2,1H3. The third-order valence-corrected chi connectivity index (χ3v) is 5.06. The summed E-state index contributed by atoms with van der Waals surface area (Å²) < 4.78 is 27.8. The minimum absolute atomic E-state index is 0.264. The maximum absolute atomic E-state index is 11.3. The normalized spacial score (nSPS) is 21.9. The number of hydrogen-bond donors (Lipinski definition) is 1. The van der Waals surface area contributed by atoms with E-state index >= 15 is 0 Å². The van der Waals surface area contributed by atoms with Gasteiger partial charge in [0.05, 0.1) is 18.6 Å². The number of benzene rings is 1. The number of rotatable bonds is 5. The number of sulfone groups is 1. The Morgan fingerprint density at radius 1 is 1.44 bits per heavy atom. The molecule has 0 amide bonds. The van der Waals surface area contributed by atoms with Gasteiger partial charge in [-0.1, -0.05) is 12.1 Å². The van der Waals surface area contributed by atoms with E-state index in [0.717, 1.165) is 30.8 Å². The van der Waals surface area contributed by atoms with Crippen LogP contribution in [0.4, 0.5) is 0 Å². The van der Waals surface area contributed by atoms with Gasteiger partial charge in [-0.3, -0.25) is 0 Å². The van der Waals surface area contributed by atoms with Crippen LogP contribution in [0, 0.1) is 5.92 Å². The summed E-state index contributed by atoms with van der Waals surface area (Å²) in [6.07, 6.45) is 0.785. The number of methoxy groups -OCH3 is 1. The van der Waals surface area contributed by atoms with E-state index in [2.05, 4.69) is 5.32 Å². The highest BCUT2D eigenvalue weighted by Gasteiger charge is 2.27. The maximum atomic E-state index is 11.3. The molecule has 1 atom stereocenters. The Morgan fingerprint density at radius 2 is 2.28 bits per heavy atom. The molecule has 0 aromatic heterocycles. The van der Waals surface area contributed by atoms with Crippen LogP contribution >= 0.6 is 0 Å². The van der Waals surface area contributed by atoms with Gasteiger partial charge < -0.3 is 10.1 Å². The van der Waals surface area contributed by atoms with Crippen LogP contribution in [0.25, 0.3) is 0 Å². The summed E-state index contributed by atoms with van der Waals surface area (Å²) >= 11 is 0. The molecular formula is C13H19NO3S. The van der Waals surface area contributed by atoms with Crippen molar-refractivity contribution in [3.8, 4) is 5.75 Å². The summed E-state index contributed by atoms with van der Waals surface area (Å²) in [6.45, 7) is 1.50. The Labute approximate surface area is 108 Å². The largest absolute Gasteiger partial charge is 0.497 e. The van der Waals surface area contributed by atoms with Crippen molar-refractivity contribution >= 4 is 9.84 Å². The molecule has 0 aliphatic carbocycles. The lowest BCUT2D eigenvalue weighted by Gasteiger charge is -2.10. The van der Waals surface area contributed by atoms with E-state index in [1.165, 1.54) is 0 Å². The van der Waals surface area contributed by atoms with Gasteiger partial charge in [-0.15, -0.1) is 0 Å². The third-order valence-electron chi connectivity index (χ3n) is 3.22. The van der Waals surface area contributed by atoms with Gasteiger partial charge in [0.2, 0.25) is 0 Å². The molecule has 1 fully saturated rings. The molecule has 1 aliphatic rings. The molecule has 0 radical (unpaired) electrons. The molecule has 1 N–H and O–H groups in total. The van der Waals surface area contributed by atoms with Crippen LogP contribution < -0.4 is 10.1 Å². The zero-order valence-corrected chi connectivity index (χ0v) is 11.4. The van der Waals surface area contributed by atoms with Gasteiger partial charge >= 0.3 is 0 Å². The van der Waals surface area contributed by atoms with Gasteiger partial charge in [0.15, 0.2) is 9.84 Å². The quantitative estimate of drug-likeness (QED) is 0.873. The van der Waals surface area contributed by atoms with Crippen molar-refractivity contribution in [2.75, 3.05) is 25.2 Å². The molecule has 18 heavy (non-hydrogen) atoms. The second-order valence-corrected chi connectivity index (χ2v) is 6.98. The smallest absolute Gasteiger partial charge is 0.150 e. The third kappa shape index (κ3) is 3.71. The molecule has 5 heteroatoms. The van der Waals surface area contributed by atoms with Gasteiger partial charge in [-0.2, -0.15) is 0 Å². The van der Waals surface area contributed by atoms with E-state index in [-0.39, 0.29) is 5.92 Å². The molecule has 100 valence electrons. The van der Waals surface area contributed by atoms with Gasteiger partial charge in [-0.05, 0) is 36.6 Å². The van der Waals surface area contributed by atoms with Crippen molar-refractivity contribution in [3.63, 3.8) is 0 Å². The van der Waals surface area contributed by atoms with Gasteiger partial charge in [-0.25, -0.2) is 8.42 Å². The average Bonchev–Trinajstić information content (AvgIpc) is 2.69. The van der Waals surface area contributed by atoms with E-state index < -0.39 is 9.84 Å². The monoisotopic (exact) mass is 269 g/mol. The first-order valence-electron chi connectivity index (χ1n) is 6.13. The topological polar surface area (TPSA) is 55.4 Å². The number of ether oxygens (including phenoxy) is 1. The van der Waals surface area contributed by atoms with Crippen LogP contribution in [0.15, 0.2) is 24.3 Å². The summed E-state index contributed by atoms with van der Waals surface area (Å²) in [7, 11) is -1.11. The van der Waals surface area contributed by atoms with E-state index in [0.29, 0.717) is 11.5 Å². The Bertz CT molecular complexity index is 499. The first-order chi connectivity index (χ1) is 8.59. The lowest BCUT2D eigenvalue weighted by atomic mass is 10.1. The van der Waals surface area contributed by atoms with Crippen molar-refractivity contribution < 1.29 is 13.2 Å². The Hall–Kier alpha value is -1.07. The minimum Gasteiger partial charge on any atom is -0.497 e. The Morgan fingerprint density at radius 3 is 2.94 bits per heavy atom. The molecular weight excluding hydrogens is 250 g/mol. The van der Waals surface area contributed by atoms with Gasteiger partial charge in [0.1, 0.15) is 5.75 Å². The van der Waals surface area contributed by atoms with Gasteiger partial charge in [0, 0.05) is 6.54 Å². The second kappa shape index (κ2) is 5.71. The van der Waals surface area contributed by atoms with Crippen LogP contribution in [0.5, 0.6) is 5.75 Å². The molecule has 1 aromatic carbocycles. The van der Waals surface area contributed by atoms with Crippen LogP contribution in [0.1, 0.15) is 12.0 Å². The fourth-order valence-electron chi connectivity index (χ4n) is 2.24. The molecule has 1 unspecified atom stereocenters. The van der Waals surface area contributed by atoms with Crippen molar-refractivity contribution in [1.29, 1.82) is 0 Å². The predicted octanol–water partition coefficient (Wildman–Crippen LogP) is 1.22. The SMILES string of the molecule is COc1cccc(CNCC2CCS(=O)(=O)C2)c1. The van der Waals surface area contributed by atoms with Crippen LogP contribution in [0.3, 0.4) is 0 Å².